The molecule has 0 aliphatic carbocycles. The van der Waals surface area contributed by atoms with Crippen LogP contribution in [-0.4, -0.2) is 15.6 Å². The van der Waals surface area contributed by atoms with Crippen molar-refractivity contribution in [3.8, 4) is 0 Å². The summed E-state index contributed by atoms with van der Waals surface area (Å²) >= 11 is 12.4. The highest BCUT2D eigenvalue weighted by molar-refractivity contribution is 8.93. The molecular weight excluding hydrogens is 495 g/mol. The lowest BCUT2D eigenvalue weighted by Crippen LogP contribution is -2.05. The predicted molar refractivity (Wildman–Crippen MR) is 137 cm³/mol. The Bertz CT molecular complexity index is 987. The van der Waals surface area contributed by atoms with Gasteiger partial charge in [0.05, 0.1) is 12.1 Å². The Morgan fingerprint density at radius 3 is 2.32 bits per heavy atom. The molecule has 1 aromatic heterocycles. The van der Waals surface area contributed by atoms with Crippen LogP contribution in [0.2, 0.25) is 10.0 Å². The second kappa shape index (κ2) is 13.2. The van der Waals surface area contributed by atoms with Crippen LogP contribution < -0.4 is 0 Å². The second-order valence-electron chi connectivity index (χ2n) is 7.91. The van der Waals surface area contributed by atoms with Crippen LogP contribution in [0.4, 0.5) is 0 Å². The van der Waals surface area contributed by atoms with E-state index in [1.807, 2.05) is 41.1 Å². The van der Waals surface area contributed by atoms with Crippen molar-refractivity contribution in [2.75, 3.05) is 0 Å². The average molecular weight is 526 g/mol. The average Bonchev–Trinajstić information content (AvgIpc) is 3.10. The lowest BCUT2D eigenvalue weighted by Gasteiger charge is -2.06. The minimum absolute atomic E-state index is 0. The molecule has 0 spiro atoms. The molecule has 168 valence electrons. The highest BCUT2D eigenvalue weighted by atomic mass is 79.9. The normalized spacial score (nSPS) is 10.9. The number of ketones is 1. The number of carbonyl (C=O) groups is 1. The molecule has 0 radical (unpaired) electrons. The summed E-state index contributed by atoms with van der Waals surface area (Å²) in [5, 5.41) is 6.79. The molecule has 2 aromatic carbocycles. The zero-order valence-corrected chi connectivity index (χ0v) is 21.3. The summed E-state index contributed by atoms with van der Waals surface area (Å²) in [4.78, 5) is 12.9. The predicted octanol–water partition coefficient (Wildman–Crippen LogP) is 8.68. The molecule has 0 saturated carbocycles. The van der Waals surface area contributed by atoms with Gasteiger partial charge in [0, 0.05) is 21.9 Å². The number of nitrogens with zero attached hydrogens (tertiary/aromatic N) is 2. The van der Waals surface area contributed by atoms with E-state index in [2.05, 4.69) is 12.0 Å². The number of unbranched alkanes of at least 4 members (excludes halogenated alkanes) is 7. The molecule has 3 nitrogen and oxygen atoms in total. The van der Waals surface area contributed by atoms with Gasteiger partial charge in [-0.15, -0.1) is 17.0 Å². The molecule has 3 aromatic rings. The Balaban J connectivity index is 0.00000341. The summed E-state index contributed by atoms with van der Waals surface area (Å²) in [7, 11) is 0. The van der Waals surface area contributed by atoms with Gasteiger partial charge in [-0.05, 0) is 30.2 Å². The molecule has 1 heterocycles. The van der Waals surface area contributed by atoms with Gasteiger partial charge >= 0.3 is 0 Å². The number of hydrogen-bond acceptors (Lipinski definition) is 2. The second-order valence-corrected chi connectivity index (χ2v) is 8.75. The van der Waals surface area contributed by atoms with Crippen molar-refractivity contribution in [3.63, 3.8) is 0 Å². The smallest absolute Gasteiger partial charge is 0.183 e. The van der Waals surface area contributed by atoms with Gasteiger partial charge in [0.25, 0.3) is 0 Å². The van der Waals surface area contributed by atoms with Gasteiger partial charge in [0.15, 0.2) is 5.78 Å². The molecule has 0 saturated heterocycles. The Labute approximate surface area is 205 Å². The fourth-order valence-electron chi connectivity index (χ4n) is 3.80. The molecule has 0 aliphatic rings. The van der Waals surface area contributed by atoms with Gasteiger partial charge in [0.1, 0.15) is 5.69 Å². The molecule has 6 heteroatoms. The first-order valence-corrected chi connectivity index (χ1v) is 11.8. The van der Waals surface area contributed by atoms with E-state index in [1.54, 1.807) is 6.07 Å². The fraction of sp³-hybridized carbons (Fsp3) is 0.440. The molecule has 0 bridgehead atoms. The van der Waals surface area contributed by atoms with E-state index in [4.69, 9.17) is 23.2 Å². The van der Waals surface area contributed by atoms with Crippen molar-refractivity contribution in [2.45, 2.75) is 71.3 Å². The third-order valence-electron chi connectivity index (χ3n) is 5.51. The SMILES string of the molecule is Br.CCCCCCCCCCC(=O)c1nn(Cc2ccc(Cl)cc2Cl)c2ccccc12. The number of fused-ring (bicyclic) bond motifs is 1. The van der Waals surface area contributed by atoms with Crippen LogP contribution in [0.15, 0.2) is 42.5 Å². The van der Waals surface area contributed by atoms with Crippen molar-refractivity contribution < 1.29 is 4.79 Å². The lowest BCUT2D eigenvalue weighted by molar-refractivity contribution is 0.0975. The Morgan fingerprint density at radius 1 is 0.935 bits per heavy atom. The quantitative estimate of drug-likeness (QED) is 0.175. The summed E-state index contributed by atoms with van der Waals surface area (Å²) in [6, 6.07) is 13.4. The van der Waals surface area contributed by atoms with Crippen molar-refractivity contribution in [3.05, 3.63) is 63.8 Å². The van der Waals surface area contributed by atoms with Gasteiger partial charge in [-0.1, -0.05) is 99.3 Å². The molecule has 0 atom stereocenters. The number of para-hydroxylation sites is 1. The fourth-order valence-corrected chi connectivity index (χ4v) is 4.27. The number of aromatic nitrogens is 2. The maximum absolute atomic E-state index is 12.9. The first kappa shape index (κ1) is 25.9. The number of Topliss-reactive ketones (excluding diaryl/α,β-unsaturated/α-hetero) is 1. The van der Waals surface area contributed by atoms with E-state index in [-0.39, 0.29) is 22.8 Å². The summed E-state index contributed by atoms with van der Waals surface area (Å²) in [5.74, 6) is 0.123. The van der Waals surface area contributed by atoms with Crippen LogP contribution in [0.1, 0.15) is 80.8 Å². The van der Waals surface area contributed by atoms with Crippen molar-refractivity contribution in [2.24, 2.45) is 0 Å². The van der Waals surface area contributed by atoms with Crippen LogP contribution in [0.25, 0.3) is 10.9 Å². The van der Waals surface area contributed by atoms with Gasteiger partial charge < -0.3 is 0 Å². The molecule has 3 rings (SSSR count). The monoisotopic (exact) mass is 524 g/mol. The number of benzene rings is 2. The van der Waals surface area contributed by atoms with Crippen LogP contribution in [0, 0.1) is 0 Å². The lowest BCUT2D eigenvalue weighted by atomic mass is 10.0. The largest absolute Gasteiger partial charge is 0.292 e. The maximum Gasteiger partial charge on any atom is 0.183 e. The Hall–Kier alpha value is -1.36. The van der Waals surface area contributed by atoms with E-state index in [1.165, 1.54) is 38.5 Å². The van der Waals surface area contributed by atoms with Gasteiger partial charge in [0.2, 0.25) is 0 Å². The van der Waals surface area contributed by atoms with Crippen molar-refractivity contribution >= 4 is 56.9 Å². The van der Waals surface area contributed by atoms with Crippen LogP contribution in [-0.2, 0) is 6.54 Å². The number of carbonyl (C=O) groups excluding carboxylic acids is 1. The maximum atomic E-state index is 12.9. The minimum Gasteiger partial charge on any atom is -0.292 e. The molecule has 0 amide bonds. The summed E-state index contributed by atoms with van der Waals surface area (Å²) in [6.45, 7) is 2.74. The molecule has 0 unspecified atom stereocenters. The van der Waals surface area contributed by atoms with Gasteiger partial charge in [-0.3, -0.25) is 9.48 Å². The molecule has 0 aliphatic heterocycles. The topological polar surface area (TPSA) is 34.9 Å². The standard InChI is InChI=1S/C25H30Cl2N2O.BrH/c1-2-3-4-5-6-7-8-9-14-24(30)25-21-12-10-11-13-23(21)29(28-25)18-19-15-16-20(26)17-22(19)27;/h10-13,15-17H,2-9,14,18H2,1H3;1H. The number of hydrogen-bond donors (Lipinski definition) is 0. The minimum atomic E-state index is 0. The molecule has 0 fully saturated rings. The summed E-state index contributed by atoms with van der Waals surface area (Å²) < 4.78 is 1.87. The van der Waals surface area contributed by atoms with Crippen molar-refractivity contribution in [1.82, 2.24) is 9.78 Å². The third kappa shape index (κ3) is 7.34. The van der Waals surface area contributed by atoms with E-state index in [9.17, 15) is 4.79 Å². The Kier molecular flexibility index (Phi) is 11.1. The molecule has 0 N–H and O–H groups in total. The van der Waals surface area contributed by atoms with Crippen LogP contribution in [0.5, 0.6) is 0 Å². The molecular formula is C25H31BrCl2N2O. The van der Waals surface area contributed by atoms with Crippen molar-refractivity contribution in [1.29, 1.82) is 0 Å². The van der Waals surface area contributed by atoms with Crippen LogP contribution >= 0.6 is 40.2 Å². The van der Waals surface area contributed by atoms with E-state index >= 15 is 0 Å². The Morgan fingerprint density at radius 2 is 1.61 bits per heavy atom. The van der Waals surface area contributed by atoms with Gasteiger partial charge in [-0.2, -0.15) is 5.10 Å². The highest BCUT2D eigenvalue weighted by Crippen LogP contribution is 2.25. The van der Waals surface area contributed by atoms with E-state index in [0.29, 0.717) is 28.7 Å². The van der Waals surface area contributed by atoms with Gasteiger partial charge in [-0.25, -0.2) is 0 Å². The first-order chi connectivity index (χ1) is 14.6. The van der Waals surface area contributed by atoms with E-state index < -0.39 is 0 Å². The molecule has 31 heavy (non-hydrogen) atoms. The zero-order valence-electron chi connectivity index (χ0n) is 18.1. The van der Waals surface area contributed by atoms with E-state index in [0.717, 1.165) is 29.3 Å². The summed E-state index contributed by atoms with van der Waals surface area (Å²) in [6.07, 6.45) is 10.3. The third-order valence-corrected chi connectivity index (χ3v) is 6.10. The highest BCUT2D eigenvalue weighted by Gasteiger charge is 2.17. The number of rotatable bonds is 12. The summed E-state index contributed by atoms with van der Waals surface area (Å²) in [5.41, 5.74) is 2.44. The number of halogens is 3. The zero-order chi connectivity index (χ0) is 21.3. The first-order valence-electron chi connectivity index (χ1n) is 11.0. The van der Waals surface area contributed by atoms with Crippen LogP contribution in [0.3, 0.4) is 0 Å².